The fourth-order valence-electron chi connectivity index (χ4n) is 2.96. The Balaban J connectivity index is 2.05. The van der Waals surface area contributed by atoms with E-state index in [1.54, 1.807) is 6.07 Å². The highest BCUT2D eigenvalue weighted by Gasteiger charge is 2.50. The first kappa shape index (κ1) is 15.2. The van der Waals surface area contributed by atoms with E-state index < -0.39 is 17.3 Å². The van der Waals surface area contributed by atoms with Crippen molar-refractivity contribution in [2.45, 2.75) is 25.0 Å². The Labute approximate surface area is 133 Å². The summed E-state index contributed by atoms with van der Waals surface area (Å²) in [6.45, 7) is 0.169. The number of nitriles is 1. The van der Waals surface area contributed by atoms with Gasteiger partial charge in [-0.1, -0.05) is 42.5 Å². The van der Waals surface area contributed by atoms with Gasteiger partial charge in [-0.25, -0.2) is 4.39 Å². The molecule has 1 atom stereocenters. The van der Waals surface area contributed by atoms with Crippen molar-refractivity contribution in [3.05, 3.63) is 65.5 Å². The van der Waals surface area contributed by atoms with Gasteiger partial charge in [-0.3, -0.25) is 4.79 Å². The molecular weight excluding hydrogens is 295 g/mol. The largest absolute Gasteiger partial charge is 0.375 e. The summed E-state index contributed by atoms with van der Waals surface area (Å²) in [6.07, 6.45) is -0.0402. The van der Waals surface area contributed by atoms with Crippen molar-refractivity contribution in [1.29, 1.82) is 5.26 Å². The minimum absolute atomic E-state index is 0.0113. The highest BCUT2D eigenvalue weighted by atomic mass is 19.1. The predicted octanol–water partition coefficient (Wildman–Crippen LogP) is 2.86. The van der Waals surface area contributed by atoms with Crippen LogP contribution in [-0.2, 0) is 16.9 Å². The van der Waals surface area contributed by atoms with Crippen LogP contribution >= 0.6 is 0 Å². The van der Waals surface area contributed by atoms with Crippen molar-refractivity contribution in [2.75, 3.05) is 4.90 Å². The smallest absolute Gasteiger partial charge is 0.264 e. The lowest BCUT2D eigenvalue weighted by atomic mass is 9.90. The van der Waals surface area contributed by atoms with Crippen molar-refractivity contribution in [2.24, 2.45) is 0 Å². The van der Waals surface area contributed by atoms with Gasteiger partial charge < -0.3 is 10.0 Å². The predicted molar refractivity (Wildman–Crippen MR) is 82.8 cm³/mol. The van der Waals surface area contributed by atoms with Crippen LogP contribution in [0.4, 0.5) is 10.1 Å². The summed E-state index contributed by atoms with van der Waals surface area (Å²) in [7, 11) is 0. The number of benzene rings is 2. The Hall–Kier alpha value is -2.71. The van der Waals surface area contributed by atoms with Gasteiger partial charge in [0, 0.05) is 18.4 Å². The summed E-state index contributed by atoms with van der Waals surface area (Å²) in [4.78, 5) is 14.0. The molecule has 23 heavy (non-hydrogen) atoms. The zero-order valence-electron chi connectivity index (χ0n) is 12.4. The third kappa shape index (κ3) is 2.47. The van der Waals surface area contributed by atoms with E-state index in [1.165, 1.54) is 17.0 Å². The summed E-state index contributed by atoms with van der Waals surface area (Å²) in [5.41, 5.74) is -0.683. The number of aliphatic hydroxyl groups is 1. The van der Waals surface area contributed by atoms with E-state index >= 15 is 0 Å². The quantitative estimate of drug-likeness (QED) is 0.944. The van der Waals surface area contributed by atoms with E-state index in [1.807, 2.05) is 36.4 Å². The van der Waals surface area contributed by atoms with Crippen molar-refractivity contribution >= 4 is 11.6 Å². The van der Waals surface area contributed by atoms with Gasteiger partial charge >= 0.3 is 0 Å². The Morgan fingerprint density at radius 2 is 1.91 bits per heavy atom. The molecule has 5 heteroatoms. The molecule has 2 aromatic carbocycles. The Morgan fingerprint density at radius 3 is 2.61 bits per heavy atom. The molecule has 0 aromatic heterocycles. The number of para-hydroxylation sites is 1. The number of halogens is 1. The topological polar surface area (TPSA) is 64.3 Å². The molecule has 2 aromatic rings. The molecule has 0 bridgehead atoms. The normalized spacial score (nSPS) is 19.5. The first-order chi connectivity index (χ1) is 11.1. The first-order valence-electron chi connectivity index (χ1n) is 7.32. The second-order valence-corrected chi connectivity index (χ2v) is 5.53. The SMILES string of the molecule is N#CCCC1(O)C(=O)N(Cc2ccccc2)c2c(F)cccc21. The van der Waals surface area contributed by atoms with E-state index in [0.717, 1.165) is 5.56 Å². The number of carbonyl (C=O) groups is 1. The molecule has 1 unspecified atom stereocenters. The molecule has 0 saturated heterocycles. The molecule has 1 amide bonds. The highest BCUT2D eigenvalue weighted by molar-refractivity contribution is 6.06. The second-order valence-electron chi connectivity index (χ2n) is 5.53. The van der Waals surface area contributed by atoms with Crippen LogP contribution in [-0.4, -0.2) is 11.0 Å². The number of anilines is 1. The monoisotopic (exact) mass is 310 g/mol. The molecule has 0 spiro atoms. The Kier molecular flexibility index (Phi) is 3.85. The van der Waals surface area contributed by atoms with Crippen LogP contribution in [0.25, 0.3) is 0 Å². The maximum Gasteiger partial charge on any atom is 0.264 e. The lowest BCUT2D eigenvalue weighted by Crippen LogP contribution is -2.40. The Bertz CT molecular complexity index is 785. The van der Waals surface area contributed by atoms with Gasteiger partial charge in [0.2, 0.25) is 0 Å². The van der Waals surface area contributed by atoms with Crippen LogP contribution in [0.15, 0.2) is 48.5 Å². The molecule has 3 rings (SSSR count). The zero-order chi connectivity index (χ0) is 16.4. The maximum atomic E-state index is 14.3. The molecular formula is C18H15FN2O2. The lowest BCUT2D eigenvalue weighted by molar-refractivity contribution is -0.136. The summed E-state index contributed by atoms with van der Waals surface area (Å²) >= 11 is 0. The molecule has 1 heterocycles. The molecule has 116 valence electrons. The number of rotatable bonds is 4. The fraction of sp³-hybridized carbons (Fsp3) is 0.222. The van der Waals surface area contributed by atoms with E-state index in [-0.39, 0.29) is 30.6 Å². The first-order valence-corrected chi connectivity index (χ1v) is 7.32. The molecule has 4 nitrogen and oxygen atoms in total. The van der Waals surface area contributed by atoms with Crippen LogP contribution in [0.3, 0.4) is 0 Å². The summed E-state index contributed by atoms with van der Waals surface area (Å²) < 4.78 is 14.3. The van der Waals surface area contributed by atoms with E-state index in [4.69, 9.17) is 5.26 Å². The summed E-state index contributed by atoms with van der Waals surface area (Å²) in [6, 6.07) is 15.4. The number of amides is 1. The highest BCUT2D eigenvalue weighted by Crippen LogP contribution is 2.44. The number of hydrogen-bond acceptors (Lipinski definition) is 3. The van der Waals surface area contributed by atoms with Crippen LogP contribution in [0.5, 0.6) is 0 Å². The third-order valence-corrected chi connectivity index (χ3v) is 4.08. The van der Waals surface area contributed by atoms with Crippen LogP contribution in [0.1, 0.15) is 24.0 Å². The van der Waals surface area contributed by atoms with Crippen LogP contribution in [0.2, 0.25) is 0 Å². The van der Waals surface area contributed by atoms with Gasteiger partial charge in [0.1, 0.15) is 5.82 Å². The van der Waals surface area contributed by atoms with Gasteiger partial charge in [0.15, 0.2) is 5.60 Å². The number of hydrogen-bond donors (Lipinski definition) is 1. The third-order valence-electron chi connectivity index (χ3n) is 4.08. The molecule has 0 aliphatic carbocycles. The second kappa shape index (κ2) is 5.82. The van der Waals surface area contributed by atoms with Gasteiger partial charge in [0.05, 0.1) is 18.3 Å². The molecule has 0 fully saturated rings. The fourth-order valence-corrected chi connectivity index (χ4v) is 2.96. The van der Waals surface area contributed by atoms with Crippen molar-refractivity contribution < 1.29 is 14.3 Å². The average Bonchev–Trinajstić information content (AvgIpc) is 2.78. The minimum Gasteiger partial charge on any atom is -0.375 e. The number of fused-ring (bicyclic) bond motifs is 1. The van der Waals surface area contributed by atoms with Gasteiger partial charge in [-0.05, 0) is 11.6 Å². The minimum atomic E-state index is -1.85. The van der Waals surface area contributed by atoms with Crippen LogP contribution < -0.4 is 4.90 Å². The molecule has 1 aliphatic heterocycles. The van der Waals surface area contributed by atoms with E-state index in [9.17, 15) is 14.3 Å². The molecule has 0 saturated carbocycles. The molecule has 0 radical (unpaired) electrons. The number of nitrogens with zero attached hydrogens (tertiary/aromatic N) is 2. The van der Waals surface area contributed by atoms with Crippen molar-refractivity contribution in [3.63, 3.8) is 0 Å². The van der Waals surface area contributed by atoms with Gasteiger partial charge in [-0.2, -0.15) is 5.26 Å². The molecule has 1 N–H and O–H groups in total. The van der Waals surface area contributed by atoms with Crippen LogP contribution in [0, 0.1) is 17.1 Å². The van der Waals surface area contributed by atoms with E-state index in [2.05, 4.69) is 0 Å². The standard InChI is InChI=1S/C18H15FN2O2/c19-15-9-4-8-14-16(15)21(12-13-6-2-1-3-7-13)17(22)18(14,23)10-5-11-20/h1-4,6-9,23H,5,10,12H2. The lowest BCUT2D eigenvalue weighted by Gasteiger charge is -2.22. The molecule has 1 aliphatic rings. The Morgan fingerprint density at radius 1 is 1.17 bits per heavy atom. The van der Waals surface area contributed by atoms with Crippen molar-refractivity contribution in [1.82, 2.24) is 0 Å². The summed E-state index contributed by atoms with van der Waals surface area (Å²) in [5.74, 6) is -1.14. The summed E-state index contributed by atoms with van der Waals surface area (Å²) in [5, 5.41) is 19.6. The van der Waals surface area contributed by atoms with Gasteiger partial charge in [0.25, 0.3) is 5.91 Å². The average molecular weight is 310 g/mol. The van der Waals surface area contributed by atoms with Crippen molar-refractivity contribution in [3.8, 4) is 6.07 Å². The zero-order valence-corrected chi connectivity index (χ0v) is 12.4. The number of carbonyl (C=O) groups excluding carboxylic acids is 1. The maximum absolute atomic E-state index is 14.3. The van der Waals surface area contributed by atoms with Gasteiger partial charge in [-0.15, -0.1) is 0 Å². The van der Waals surface area contributed by atoms with E-state index in [0.29, 0.717) is 0 Å².